The molecule has 0 saturated carbocycles. The van der Waals surface area contributed by atoms with Crippen molar-refractivity contribution in [3.05, 3.63) is 22.3 Å². The average molecular weight is 394 g/mol. The van der Waals surface area contributed by atoms with Crippen molar-refractivity contribution in [3.8, 4) is 0 Å². The van der Waals surface area contributed by atoms with E-state index in [1.54, 1.807) is 11.3 Å². The SMILES string of the molecule is CN[C@H](C(=O)N1C[C@H](O)C[C@H]1C1NC=C(c2scnc2C)N1C)C(C)(C)C. The molecule has 0 aliphatic carbocycles. The van der Waals surface area contributed by atoms with Gasteiger partial charge in [-0.3, -0.25) is 4.79 Å². The van der Waals surface area contributed by atoms with Crippen LogP contribution in [0.4, 0.5) is 0 Å². The summed E-state index contributed by atoms with van der Waals surface area (Å²) in [6.45, 7) is 8.54. The Morgan fingerprint density at radius 2 is 2.19 bits per heavy atom. The number of aromatic nitrogens is 1. The first-order chi connectivity index (χ1) is 12.6. The number of likely N-dealkylation sites (tertiary alicyclic amines) is 1. The minimum atomic E-state index is -0.499. The fraction of sp³-hybridized carbons (Fsp3) is 0.684. The smallest absolute Gasteiger partial charge is 0.240 e. The summed E-state index contributed by atoms with van der Waals surface area (Å²) in [5, 5.41) is 16.9. The zero-order chi connectivity index (χ0) is 19.9. The van der Waals surface area contributed by atoms with Gasteiger partial charge in [-0.2, -0.15) is 0 Å². The van der Waals surface area contributed by atoms with E-state index in [0.29, 0.717) is 13.0 Å². The summed E-state index contributed by atoms with van der Waals surface area (Å²) < 4.78 is 0. The lowest BCUT2D eigenvalue weighted by molar-refractivity contribution is -0.138. The van der Waals surface area contributed by atoms with E-state index in [2.05, 4.69) is 41.3 Å². The molecule has 1 amide bonds. The number of aliphatic hydroxyl groups is 1. The maximum atomic E-state index is 13.3. The summed E-state index contributed by atoms with van der Waals surface area (Å²) in [7, 11) is 3.85. The van der Waals surface area contributed by atoms with E-state index in [1.807, 2.05) is 37.6 Å². The minimum Gasteiger partial charge on any atom is -0.391 e. The summed E-state index contributed by atoms with van der Waals surface area (Å²) in [6.07, 6.45) is 2.00. The van der Waals surface area contributed by atoms with Gasteiger partial charge in [-0.25, -0.2) is 4.98 Å². The van der Waals surface area contributed by atoms with Crippen LogP contribution in [0.5, 0.6) is 0 Å². The topological polar surface area (TPSA) is 80.7 Å². The highest BCUT2D eigenvalue weighted by Gasteiger charge is 2.46. The van der Waals surface area contributed by atoms with Crippen LogP contribution in [0.15, 0.2) is 11.7 Å². The number of carbonyl (C=O) groups excluding carboxylic acids is 1. The predicted molar refractivity (Wildman–Crippen MR) is 108 cm³/mol. The molecule has 8 heteroatoms. The third-order valence-corrected chi connectivity index (χ3v) is 6.49. The highest BCUT2D eigenvalue weighted by molar-refractivity contribution is 7.10. The number of aryl methyl sites for hydroxylation is 1. The number of amides is 1. The second-order valence-electron chi connectivity index (χ2n) is 8.55. The van der Waals surface area contributed by atoms with Crippen molar-refractivity contribution in [2.75, 3.05) is 20.6 Å². The Labute approximate surface area is 165 Å². The van der Waals surface area contributed by atoms with Crippen LogP contribution >= 0.6 is 11.3 Å². The van der Waals surface area contributed by atoms with Crippen molar-refractivity contribution in [2.45, 2.75) is 58.5 Å². The molecule has 0 radical (unpaired) electrons. The van der Waals surface area contributed by atoms with Gasteiger partial charge in [0.1, 0.15) is 6.17 Å². The summed E-state index contributed by atoms with van der Waals surface area (Å²) >= 11 is 1.61. The molecule has 1 fully saturated rings. The van der Waals surface area contributed by atoms with Gasteiger partial charge >= 0.3 is 0 Å². The summed E-state index contributed by atoms with van der Waals surface area (Å²) in [5.74, 6) is 0.0455. The molecular weight excluding hydrogens is 362 g/mol. The fourth-order valence-electron chi connectivity index (χ4n) is 4.16. The number of hydrogen-bond acceptors (Lipinski definition) is 7. The van der Waals surface area contributed by atoms with Crippen LogP contribution in [0.1, 0.15) is 37.8 Å². The van der Waals surface area contributed by atoms with Crippen molar-refractivity contribution in [2.24, 2.45) is 5.41 Å². The quantitative estimate of drug-likeness (QED) is 0.713. The van der Waals surface area contributed by atoms with Gasteiger partial charge in [-0.15, -0.1) is 11.3 Å². The third-order valence-electron chi connectivity index (χ3n) is 5.54. The van der Waals surface area contributed by atoms with E-state index >= 15 is 0 Å². The maximum Gasteiger partial charge on any atom is 0.240 e. The molecule has 3 N–H and O–H groups in total. The van der Waals surface area contributed by atoms with Crippen molar-refractivity contribution in [1.29, 1.82) is 0 Å². The molecule has 27 heavy (non-hydrogen) atoms. The standard InChI is InChI=1S/C19H31N5O2S/c1-11-15(27-10-22-11)14-8-21-17(23(14)6)13-7-12(25)9-24(13)18(26)16(20-5)19(2,3)4/h8,10,12-13,16-17,20-21,25H,7,9H2,1-6H3/t12-,13+,16-,17?/m1/s1. The number of likely N-dealkylation sites (N-methyl/N-ethyl adjacent to an activating group) is 2. The first-order valence-corrected chi connectivity index (χ1v) is 10.3. The van der Waals surface area contributed by atoms with Crippen LogP contribution in [0.25, 0.3) is 5.70 Å². The van der Waals surface area contributed by atoms with Gasteiger partial charge < -0.3 is 25.5 Å². The number of nitrogens with one attached hydrogen (secondary N) is 2. The Kier molecular flexibility index (Phi) is 5.52. The van der Waals surface area contributed by atoms with Crippen LogP contribution in [0.2, 0.25) is 0 Å². The zero-order valence-corrected chi connectivity index (χ0v) is 17.8. The van der Waals surface area contributed by atoms with Crippen molar-refractivity contribution in [1.82, 2.24) is 25.4 Å². The molecule has 7 nitrogen and oxygen atoms in total. The van der Waals surface area contributed by atoms with Gasteiger partial charge in [0.05, 0.1) is 40.0 Å². The van der Waals surface area contributed by atoms with Crippen molar-refractivity contribution in [3.63, 3.8) is 0 Å². The molecule has 2 aliphatic rings. The lowest BCUT2D eigenvalue weighted by Crippen LogP contribution is -2.58. The van der Waals surface area contributed by atoms with Crippen LogP contribution in [-0.2, 0) is 4.79 Å². The number of nitrogens with zero attached hydrogens (tertiary/aromatic N) is 3. The molecule has 0 spiro atoms. The molecule has 1 aromatic heterocycles. The largest absolute Gasteiger partial charge is 0.391 e. The van der Waals surface area contributed by atoms with Crippen LogP contribution < -0.4 is 10.6 Å². The van der Waals surface area contributed by atoms with Crippen LogP contribution in [0.3, 0.4) is 0 Å². The highest BCUT2D eigenvalue weighted by atomic mass is 32.1. The van der Waals surface area contributed by atoms with E-state index in [4.69, 9.17) is 0 Å². The zero-order valence-electron chi connectivity index (χ0n) is 17.0. The van der Waals surface area contributed by atoms with Gasteiger partial charge in [0.2, 0.25) is 5.91 Å². The summed E-state index contributed by atoms with van der Waals surface area (Å²) in [5.41, 5.74) is 3.72. The molecular formula is C19H31N5O2S. The molecule has 2 aliphatic heterocycles. The van der Waals surface area contributed by atoms with E-state index in [-0.39, 0.29) is 29.6 Å². The summed E-state index contributed by atoms with van der Waals surface area (Å²) in [4.78, 5) is 22.8. The van der Waals surface area contributed by atoms with Gasteiger partial charge in [0.15, 0.2) is 0 Å². The van der Waals surface area contributed by atoms with E-state index in [9.17, 15) is 9.90 Å². The van der Waals surface area contributed by atoms with E-state index < -0.39 is 6.10 Å². The van der Waals surface area contributed by atoms with Gasteiger partial charge in [-0.1, -0.05) is 20.8 Å². The van der Waals surface area contributed by atoms with Crippen molar-refractivity contribution >= 4 is 22.9 Å². The molecule has 1 unspecified atom stereocenters. The molecule has 150 valence electrons. The highest BCUT2D eigenvalue weighted by Crippen LogP contribution is 2.34. The van der Waals surface area contributed by atoms with E-state index in [0.717, 1.165) is 16.3 Å². The number of thiazole rings is 1. The first-order valence-electron chi connectivity index (χ1n) is 9.40. The monoisotopic (exact) mass is 393 g/mol. The molecule has 1 aromatic rings. The number of carbonyl (C=O) groups is 1. The number of β-amino-alcohol motifs (C(OH)–C–C–N with tert-alkyl or cyclic N) is 1. The maximum absolute atomic E-state index is 13.3. The Bertz CT molecular complexity index is 726. The fourth-order valence-corrected chi connectivity index (χ4v) is 5.02. The Hall–Kier alpha value is -1.64. The minimum absolute atomic E-state index is 0.0455. The normalized spacial score (nSPS) is 26.9. The number of hydrogen-bond donors (Lipinski definition) is 3. The van der Waals surface area contributed by atoms with Crippen molar-refractivity contribution < 1.29 is 9.90 Å². The molecule has 3 heterocycles. The molecule has 4 atom stereocenters. The van der Waals surface area contributed by atoms with Gasteiger partial charge in [0, 0.05) is 19.8 Å². The predicted octanol–water partition coefficient (Wildman–Crippen LogP) is 1.21. The Morgan fingerprint density at radius 3 is 2.74 bits per heavy atom. The average Bonchev–Trinajstić information content (AvgIpc) is 3.25. The molecule has 0 aromatic carbocycles. The summed E-state index contributed by atoms with van der Waals surface area (Å²) in [6, 6.07) is -0.397. The Balaban J connectivity index is 1.81. The third kappa shape index (κ3) is 3.70. The Morgan fingerprint density at radius 1 is 1.48 bits per heavy atom. The van der Waals surface area contributed by atoms with Crippen LogP contribution in [-0.4, -0.2) is 70.8 Å². The van der Waals surface area contributed by atoms with Gasteiger partial charge in [-0.05, 0) is 25.8 Å². The van der Waals surface area contributed by atoms with Gasteiger partial charge in [0.25, 0.3) is 0 Å². The molecule has 3 rings (SSSR count). The second kappa shape index (κ2) is 7.41. The molecule has 1 saturated heterocycles. The van der Waals surface area contributed by atoms with Crippen LogP contribution in [0, 0.1) is 12.3 Å². The first kappa shape index (κ1) is 20.1. The lowest BCUT2D eigenvalue weighted by Gasteiger charge is -2.39. The van der Waals surface area contributed by atoms with E-state index in [1.165, 1.54) is 0 Å². The lowest BCUT2D eigenvalue weighted by atomic mass is 9.85. The number of aliphatic hydroxyl groups excluding tert-OH is 1. The second-order valence-corrected chi connectivity index (χ2v) is 9.41. The number of rotatable bonds is 4. The molecule has 0 bridgehead atoms.